The molecule has 1 N–H and O–H groups in total. The second kappa shape index (κ2) is 9.76. The number of carbonyl (C=O) groups is 1. The van der Waals surface area contributed by atoms with Gasteiger partial charge in [-0.3, -0.25) is 4.79 Å². The van der Waals surface area contributed by atoms with Gasteiger partial charge in [-0.1, -0.05) is 38.4 Å². The Morgan fingerprint density at radius 3 is 2.41 bits per heavy atom. The summed E-state index contributed by atoms with van der Waals surface area (Å²) in [5.41, 5.74) is 4.23. The minimum absolute atomic E-state index is 0.112. The lowest BCUT2D eigenvalue weighted by molar-refractivity contribution is 0.102. The van der Waals surface area contributed by atoms with E-state index in [1.807, 2.05) is 36.4 Å². The summed E-state index contributed by atoms with van der Waals surface area (Å²) in [6.07, 6.45) is 1.63. The number of aromatic nitrogens is 2. The van der Waals surface area contributed by atoms with Gasteiger partial charge in [0.2, 0.25) is 0 Å². The van der Waals surface area contributed by atoms with Gasteiger partial charge in [-0.2, -0.15) is 5.10 Å². The van der Waals surface area contributed by atoms with E-state index in [4.69, 9.17) is 11.6 Å². The van der Waals surface area contributed by atoms with E-state index < -0.39 is 0 Å². The van der Waals surface area contributed by atoms with Gasteiger partial charge in [0.1, 0.15) is 0 Å². The topological polar surface area (TPSA) is 53.4 Å². The molecule has 1 aliphatic rings. The molecular formula is C25H30ClN5O. The van der Waals surface area contributed by atoms with E-state index in [1.165, 1.54) is 5.69 Å². The standard InChI is InChI=1S/C25H30ClN5O/c1-4-29-12-14-30(15-13-29)21-10-8-20(9-11-21)28-25(32)23-17-27-31(24(23)18(2)3)22-7-5-6-19(26)16-22/h5-11,16-18H,4,12-15H2,1-3H3,(H,28,32). The van der Waals surface area contributed by atoms with E-state index in [0.717, 1.165) is 49.8 Å². The van der Waals surface area contributed by atoms with E-state index in [1.54, 1.807) is 10.9 Å². The first-order valence-electron chi connectivity index (χ1n) is 11.2. The molecule has 7 heteroatoms. The van der Waals surface area contributed by atoms with E-state index in [2.05, 4.69) is 53.1 Å². The number of halogens is 1. The summed E-state index contributed by atoms with van der Waals surface area (Å²) in [6.45, 7) is 11.7. The lowest BCUT2D eigenvalue weighted by atomic mass is 10.0. The fourth-order valence-electron chi connectivity index (χ4n) is 4.18. The third kappa shape index (κ3) is 4.81. The Hall–Kier alpha value is -2.83. The van der Waals surface area contributed by atoms with Gasteiger partial charge in [0.15, 0.2) is 0 Å². The fraction of sp³-hybridized carbons (Fsp3) is 0.360. The monoisotopic (exact) mass is 451 g/mol. The van der Waals surface area contributed by atoms with Gasteiger partial charge in [-0.15, -0.1) is 0 Å². The normalized spacial score (nSPS) is 14.7. The summed E-state index contributed by atoms with van der Waals surface area (Å²) in [4.78, 5) is 18.0. The van der Waals surface area contributed by atoms with Crippen LogP contribution in [0.5, 0.6) is 0 Å². The van der Waals surface area contributed by atoms with Crippen LogP contribution in [0.1, 0.15) is 42.7 Å². The smallest absolute Gasteiger partial charge is 0.259 e. The zero-order valence-corrected chi connectivity index (χ0v) is 19.6. The largest absolute Gasteiger partial charge is 0.369 e. The summed E-state index contributed by atoms with van der Waals surface area (Å²) in [6, 6.07) is 15.6. The van der Waals surface area contributed by atoms with E-state index in [9.17, 15) is 4.79 Å². The summed E-state index contributed by atoms with van der Waals surface area (Å²) in [5, 5.41) is 8.15. The van der Waals surface area contributed by atoms with Crippen molar-refractivity contribution in [1.82, 2.24) is 14.7 Å². The van der Waals surface area contributed by atoms with Crippen LogP contribution in [0.3, 0.4) is 0 Å². The number of piperazine rings is 1. The minimum atomic E-state index is -0.161. The molecule has 2 aromatic carbocycles. The Morgan fingerprint density at radius 2 is 1.78 bits per heavy atom. The van der Waals surface area contributed by atoms with Crippen molar-refractivity contribution >= 4 is 28.9 Å². The van der Waals surface area contributed by atoms with Crippen LogP contribution in [0.2, 0.25) is 5.02 Å². The van der Waals surface area contributed by atoms with Crippen molar-refractivity contribution < 1.29 is 4.79 Å². The van der Waals surface area contributed by atoms with Crippen LogP contribution in [0.15, 0.2) is 54.7 Å². The maximum Gasteiger partial charge on any atom is 0.259 e. The summed E-state index contributed by atoms with van der Waals surface area (Å²) in [7, 11) is 0. The summed E-state index contributed by atoms with van der Waals surface area (Å²) < 4.78 is 1.80. The summed E-state index contributed by atoms with van der Waals surface area (Å²) >= 11 is 6.16. The number of carbonyl (C=O) groups excluding carboxylic acids is 1. The lowest BCUT2D eigenvalue weighted by Gasteiger charge is -2.35. The first-order chi connectivity index (χ1) is 15.5. The molecule has 0 bridgehead atoms. The van der Waals surface area contributed by atoms with Crippen LogP contribution in [-0.4, -0.2) is 53.3 Å². The predicted octanol–water partition coefficient (Wildman–Crippen LogP) is 5.04. The molecule has 4 rings (SSSR count). The van der Waals surface area contributed by atoms with Crippen LogP contribution in [-0.2, 0) is 0 Å². The van der Waals surface area contributed by atoms with Crippen molar-refractivity contribution in [2.75, 3.05) is 42.9 Å². The Bertz CT molecular complexity index is 1070. The zero-order valence-electron chi connectivity index (χ0n) is 18.9. The highest BCUT2D eigenvalue weighted by Gasteiger charge is 2.21. The van der Waals surface area contributed by atoms with E-state index in [0.29, 0.717) is 10.6 Å². The van der Waals surface area contributed by atoms with Crippen molar-refractivity contribution in [2.24, 2.45) is 0 Å². The Labute approximate surface area is 194 Å². The number of likely N-dealkylation sites (N-methyl/N-ethyl adjacent to an activating group) is 1. The first-order valence-corrected chi connectivity index (χ1v) is 11.6. The molecule has 0 aliphatic carbocycles. The second-order valence-electron chi connectivity index (χ2n) is 8.41. The first kappa shape index (κ1) is 22.4. The van der Waals surface area contributed by atoms with Crippen molar-refractivity contribution in [2.45, 2.75) is 26.7 Å². The molecular weight excluding hydrogens is 422 g/mol. The SMILES string of the molecule is CCN1CCN(c2ccc(NC(=O)c3cnn(-c4cccc(Cl)c4)c3C(C)C)cc2)CC1. The average molecular weight is 452 g/mol. The molecule has 0 saturated carbocycles. The molecule has 0 atom stereocenters. The maximum atomic E-state index is 13.1. The highest BCUT2D eigenvalue weighted by Crippen LogP contribution is 2.26. The van der Waals surface area contributed by atoms with Gasteiger partial charge in [0.25, 0.3) is 5.91 Å². The minimum Gasteiger partial charge on any atom is -0.369 e. The quantitative estimate of drug-likeness (QED) is 0.570. The van der Waals surface area contributed by atoms with E-state index >= 15 is 0 Å². The number of rotatable bonds is 6. The molecule has 1 fully saturated rings. The van der Waals surface area contributed by atoms with Gasteiger partial charge in [-0.05, 0) is 54.9 Å². The van der Waals surface area contributed by atoms with E-state index in [-0.39, 0.29) is 11.8 Å². The lowest BCUT2D eigenvalue weighted by Crippen LogP contribution is -2.46. The van der Waals surface area contributed by atoms with Gasteiger partial charge >= 0.3 is 0 Å². The Morgan fingerprint density at radius 1 is 1.06 bits per heavy atom. The molecule has 0 unspecified atom stereocenters. The zero-order chi connectivity index (χ0) is 22.7. The van der Waals surface area contributed by atoms with Crippen LogP contribution in [0.25, 0.3) is 5.69 Å². The van der Waals surface area contributed by atoms with Gasteiger partial charge < -0.3 is 15.1 Å². The van der Waals surface area contributed by atoms with Crippen molar-refractivity contribution in [3.05, 3.63) is 71.0 Å². The van der Waals surface area contributed by atoms with Crippen LogP contribution < -0.4 is 10.2 Å². The van der Waals surface area contributed by atoms with Crippen LogP contribution >= 0.6 is 11.6 Å². The van der Waals surface area contributed by atoms with Gasteiger partial charge in [0, 0.05) is 42.6 Å². The Balaban J connectivity index is 1.49. The maximum absolute atomic E-state index is 13.1. The molecule has 3 aromatic rings. The predicted molar refractivity (Wildman–Crippen MR) is 131 cm³/mol. The number of anilines is 2. The number of benzene rings is 2. The van der Waals surface area contributed by atoms with Gasteiger partial charge in [-0.25, -0.2) is 4.68 Å². The third-order valence-corrected chi connectivity index (χ3v) is 6.20. The fourth-order valence-corrected chi connectivity index (χ4v) is 4.36. The second-order valence-corrected chi connectivity index (χ2v) is 8.85. The molecule has 0 radical (unpaired) electrons. The molecule has 2 heterocycles. The van der Waals surface area contributed by atoms with Crippen molar-refractivity contribution in [3.8, 4) is 5.69 Å². The van der Waals surface area contributed by atoms with Crippen LogP contribution in [0.4, 0.5) is 11.4 Å². The van der Waals surface area contributed by atoms with Crippen molar-refractivity contribution in [3.63, 3.8) is 0 Å². The molecule has 0 spiro atoms. The highest BCUT2D eigenvalue weighted by molar-refractivity contribution is 6.30. The molecule has 1 aliphatic heterocycles. The Kier molecular flexibility index (Phi) is 6.82. The molecule has 1 aromatic heterocycles. The summed E-state index contributed by atoms with van der Waals surface area (Å²) in [5.74, 6) is -0.0484. The number of nitrogens with zero attached hydrogens (tertiary/aromatic N) is 4. The molecule has 6 nitrogen and oxygen atoms in total. The third-order valence-electron chi connectivity index (χ3n) is 5.96. The average Bonchev–Trinajstić information content (AvgIpc) is 3.26. The molecule has 1 amide bonds. The number of amides is 1. The number of hydrogen-bond acceptors (Lipinski definition) is 4. The van der Waals surface area contributed by atoms with Crippen molar-refractivity contribution in [1.29, 1.82) is 0 Å². The van der Waals surface area contributed by atoms with Crippen LogP contribution in [0, 0.1) is 0 Å². The number of nitrogens with one attached hydrogen (secondary N) is 1. The molecule has 32 heavy (non-hydrogen) atoms. The molecule has 1 saturated heterocycles. The number of hydrogen-bond donors (Lipinski definition) is 1. The molecule has 168 valence electrons. The van der Waals surface area contributed by atoms with Gasteiger partial charge in [0.05, 0.1) is 23.1 Å². The highest BCUT2D eigenvalue weighted by atomic mass is 35.5.